The van der Waals surface area contributed by atoms with Gasteiger partial charge in [0.15, 0.2) is 12.5 Å². The van der Waals surface area contributed by atoms with E-state index in [2.05, 4.69) is 12.2 Å². The molecule has 0 atom stereocenters. The second kappa shape index (κ2) is 7.88. The molecule has 2 aromatic heterocycles. The number of hydrogen-bond donors (Lipinski definition) is 1. The van der Waals surface area contributed by atoms with E-state index in [9.17, 15) is 9.59 Å². The van der Waals surface area contributed by atoms with Crippen LogP contribution in [-0.4, -0.2) is 30.9 Å². The van der Waals surface area contributed by atoms with Gasteiger partial charge in [-0.15, -0.1) is 11.3 Å². The predicted molar refractivity (Wildman–Crippen MR) is 104 cm³/mol. The molecule has 1 N–H and O–H groups in total. The normalized spacial score (nSPS) is 11.2. The van der Waals surface area contributed by atoms with Gasteiger partial charge >= 0.3 is 0 Å². The van der Waals surface area contributed by atoms with Gasteiger partial charge in [0, 0.05) is 19.5 Å². The van der Waals surface area contributed by atoms with Crippen molar-refractivity contribution in [3.63, 3.8) is 0 Å². The Labute approximate surface area is 155 Å². The zero-order chi connectivity index (χ0) is 18.7. The van der Waals surface area contributed by atoms with Crippen molar-refractivity contribution in [1.82, 2.24) is 9.88 Å². The van der Waals surface area contributed by atoms with Gasteiger partial charge in [0.1, 0.15) is 10.3 Å². The fraction of sp³-hybridized carbons (Fsp3) is 0.368. The lowest BCUT2D eigenvalue weighted by Gasteiger charge is -2.09. The van der Waals surface area contributed by atoms with E-state index < -0.39 is 0 Å². The molecule has 0 saturated heterocycles. The average Bonchev–Trinajstić information content (AvgIpc) is 3.05. The predicted octanol–water partition coefficient (Wildman–Crippen LogP) is 3.27. The number of aromatic nitrogens is 1. The minimum absolute atomic E-state index is 0.00576. The number of unbranched alkanes of at least 4 members (excludes halogenated alkanes) is 1. The van der Waals surface area contributed by atoms with Crippen molar-refractivity contribution in [3.8, 4) is 5.75 Å². The van der Waals surface area contributed by atoms with Crippen LogP contribution in [-0.2, 0) is 11.8 Å². The van der Waals surface area contributed by atoms with Gasteiger partial charge in [0.05, 0.1) is 16.8 Å². The molecule has 0 saturated carbocycles. The maximum atomic E-state index is 12.9. The third kappa shape index (κ3) is 3.20. The molecular formula is C19H22N2O4S. The number of thiophene rings is 1. The standard InChI is InChI=1S/C19H22N2O4S/c1-4-5-10-24-11-25-15-14-16(26-17(15)18(22)20-2)12-8-6-7-9-13(12)21(3)19(14)23/h6-9H,4-5,10-11H2,1-3H3,(H,20,22). The first-order valence-corrected chi connectivity index (χ1v) is 9.38. The lowest BCUT2D eigenvalue weighted by molar-refractivity contribution is 0.0147. The summed E-state index contributed by atoms with van der Waals surface area (Å²) < 4.78 is 13.6. The molecule has 1 aromatic carbocycles. The monoisotopic (exact) mass is 374 g/mol. The van der Waals surface area contributed by atoms with Crippen LogP contribution in [0.4, 0.5) is 0 Å². The van der Waals surface area contributed by atoms with Crippen molar-refractivity contribution in [1.29, 1.82) is 0 Å². The highest BCUT2D eigenvalue weighted by Crippen LogP contribution is 2.39. The summed E-state index contributed by atoms with van der Waals surface area (Å²) in [4.78, 5) is 25.7. The van der Waals surface area contributed by atoms with Crippen LogP contribution in [0.5, 0.6) is 5.75 Å². The second-order valence-corrected chi connectivity index (χ2v) is 6.97. The van der Waals surface area contributed by atoms with Crippen LogP contribution in [0.1, 0.15) is 29.4 Å². The van der Waals surface area contributed by atoms with Gasteiger partial charge in [-0.3, -0.25) is 9.59 Å². The molecule has 6 nitrogen and oxygen atoms in total. The van der Waals surface area contributed by atoms with E-state index in [1.807, 2.05) is 24.3 Å². The number of fused-ring (bicyclic) bond motifs is 3. The summed E-state index contributed by atoms with van der Waals surface area (Å²) in [5.41, 5.74) is 0.633. The molecule has 0 aliphatic carbocycles. The Hall–Kier alpha value is -2.38. The number of nitrogens with one attached hydrogen (secondary N) is 1. The molecule has 0 bridgehead atoms. The smallest absolute Gasteiger partial charge is 0.264 e. The van der Waals surface area contributed by atoms with Crippen LogP contribution in [0.25, 0.3) is 21.0 Å². The van der Waals surface area contributed by atoms with E-state index in [1.165, 1.54) is 11.3 Å². The summed E-state index contributed by atoms with van der Waals surface area (Å²) in [6.45, 7) is 2.66. The molecule has 1 amide bonds. The Morgan fingerprint density at radius 1 is 1.31 bits per heavy atom. The van der Waals surface area contributed by atoms with Gasteiger partial charge in [-0.05, 0) is 12.5 Å². The first kappa shape index (κ1) is 18.4. The van der Waals surface area contributed by atoms with Crippen LogP contribution in [0.3, 0.4) is 0 Å². The lowest BCUT2D eigenvalue weighted by Crippen LogP contribution is -2.20. The summed E-state index contributed by atoms with van der Waals surface area (Å²) >= 11 is 1.27. The number of ether oxygens (including phenoxy) is 2. The highest BCUT2D eigenvalue weighted by atomic mass is 32.1. The summed E-state index contributed by atoms with van der Waals surface area (Å²) in [7, 11) is 3.29. The van der Waals surface area contributed by atoms with Crippen LogP contribution >= 0.6 is 11.3 Å². The fourth-order valence-electron chi connectivity index (χ4n) is 2.84. The van der Waals surface area contributed by atoms with Crippen LogP contribution < -0.4 is 15.6 Å². The number of nitrogens with zero attached hydrogens (tertiary/aromatic N) is 1. The number of para-hydroxylation sites is 1. The molecule has 26 heavy (non-hydrogen) atoms. The van der Waals surface area contributed by atoms with Gasteiger partial charge < -0.3 is 19.4 Å². The van der Waals surface area contributed by atoms with Gasteiger partial charge in [-0.25, -0.2) is 0 Å². The van der Waals surface area contributed by atoms with Gasteiger partial charge in [-0.2, -0.15) is 0 Å². The number of hydrogen-bond acceptors (Lipinski definition) is 5. The summed E-state index contributed by atoms with van der Waals surface area (Å²) in [5.74, 6) is 0.0214. The Bertz CT molecular complexity index is 1010. The highest BCUT2D eigenvalue weighted by Gasteiger charge is 2.24. The van der Waals surface area contributed by atoms with E-state index in [0.29, 0.717) is 22.6 Å². The van der Waals surface area contributed by atoms with E-state index in [-0.39, 0.29) is 18.3 Å². The van der Waals surface area contributed by atoms with E-state index in [1.54, 1.807) is 18.7 Å². The summed E-state index contributed by atoms with van der Waals surface area (Å²) in [6, 6.07) is 7.65. The maximum absolute atomic E-state index is 12.9. The molecular weight excluding hydrogens is 352 g/mol. The largest absolute Gasteiger partial charge is 0.465 e. The number of pyridine rings is 1. The molecule has 0 aliphatic heterocycles. The SMILES string of the molecule is CCCCOCOc1c(C(=O)NC)sc2c1c(=O)n(C)c1ccccc21. The second-order valence-electron chi connectivity index (χ2n) is 5.95. The molecule has 3 rings (SSSR count). The zero-order valence-electron chi connectivity index (χ0n) is 15.1. The first-order valence-electron chi connectivity index (χ1n) is 8.57. The van der Waals surface area contributed by atoms with E-state index in [0.717, 1.165) is 28.4 Å². The minimum Gasteiger partial charge on any atom is -0.465 e. The third-order valence-corrected chi connectivity index (χ3v) is 5.46. The highest BCUT2D eigenvalue weighted by molar-refractivity contribution is 7.22. The fourth-order valence-corrected chi connectivity index (χ4v) is 4.06. The summed E-state index contributed by atoms with van der Waals surface area (Å²) in [6.07, 6.45) is 1.96. The van der Waals surface area contributed by atoms with Crippen molar-refractivity contribution in [3.05, 3.63) is 39.5 Å². The molecule has 0 radical (unpaired) electrons. The Morgan fingerprint density at radius 2 is 2.08 bits per heavy atom. The number of carbonyl (C=O) groups is 1. The molecule has 0 fully saturated rings. The van der Waals surface area contributed by atoms with Crippen molar-refractivity contribution in [2.45, 2.75) is 19.8 Å². The maximum Gasteiger partial charge on any atom is 0.264 e. The Morgan fingerprint density at radius 3 is 2.81 bits per heavy atom. The van der Waals surface area contributed by atoms with Crippen LogP contribution in [0, 0.1) is 0 Å². The third-order valence-electron chi connectivity index (χ3n) is 4.26. The molecule has 0 aliphatic rings. The van der Waals surface area contributed by atoms with Crippen molar-refractivity contribution in [2.75, 3.05) is 20.4 Å². The number of rotatable bonds is 7. The lowest BCUT2D eigenvalue weighted by atomic mass is 10.1. The number of benzene rings is 1. The first-order chi connectivity index (χ1) is 12.6. The Balaban J connectivity index is 2.16. The molecule has 7 heteroatoms. The summed E-state index contributed by atoms with van der Waals surface area (Å²) in [5, 5.41) is 3.96. The number of carbonyl (C=O) groups excluding carboxylic acids is 1. The molecule has 2 heterocycles. The molecule has 0 unspecified atom stereocenters. The quantitative estimate of drug-likeness (QED) is 0.509. The molecule has 138 valence electrons. The van der Waals surface area contributed by atoms with Crippen LogP contribution in [0.15, 0.2) is 29.1 Å². The van der Waals surface area contributed by atoms with Crippen molar-refractivity contribution in [2.24, 2.45) is 7.05 Å². The number of amides is 1. The number of aryl methyl sites for hydroxylation is 1. The van der Waals surface area contributed by atoms with Crippen LogP contribution in [0.2, 0.25) is 0 Å². The topological polar surface area (TPSA) is 69.6 Å². The van der Waals surface area contributed by atoms with Gasteiger partial charge in [0.2, 0.25) is 0 Å². The Kier molecular flexibility index (Phi) is 5.58. The molecule has 0 spiro atoms. The van der Waals surface area contributed by atoms with E-state index in [4.69, 9.17) is 9.47 Å². The minimum atomic E-state index is -0.277. The molecule has 3 aromatic rings. The van der Waals surface area contributed by atoms with E-state index >= 15 is 0 Å². The average molecular weight is 374 g/mol. The van der Waals surface area contributed by atoms with Gasteiger partial charge in [-0.1, -0.05) is 31.5 Å². The van der Waals surface area contributed by atoms with Crippen molar-refractivity contribution >= 4 is 38.2 Å². The van der Waals surface area contributed by atoms with Gasteiger partial charge in [0.25, 0.3) is 11.5 Å². The van der Waals surface area contributed by atoms with Crippen molar-refractivity contribution < 1.29 is 14.3 Å². The zero-order valence-corrected chi connectivity index (χ0v) is 15.9.